The van der Waals surface area contributed by atoms with Crippen LogP contribution in [0.5, 0.6) is 5.75 Å². The Hall–Kier alpha value is -2.39. The van der Waals surface area contributed by atoms with Gasteiger partial charge in [0.15, 0.2) is 17.1 Å². The fraction of sp³-hybridized carbons (Fsp3) is 0.250. The van der Waals surface area contributed by atoms with Gasteiger partial charge in [0.1, 0.15) is 11.6 Å². The molecule has 1 N–H and O–H groups in total. The zero-order valence-electron chi connectivity index (χ0n) is 15.9. The van der Waals surface area contributed by atoms with Gasteiger partial charge in [-0.15, -0.1) is 10.2 Å². The Labute approximate surface area is 181 Å². The number of hydrogen-bond acceptors (Lipinski definition) is 5. The van der Waals surface area contributed by atoms with Crippen LogP contribution in [0, 0.1) is 5.82 Å². The maximum Gasteiger partial charge on any atom is 0.234 e. The SMILES string of the molecule is CCn1c(SCC(=O)Nc2ccc(Br)cc2F)nnc1C(C)Oc1ccccc1. The molecule has 1 amide bonds. The third-order valence-electron chi connectivity index (χ3n) is 4.02. The topological polar surface area (TPSA) is 69.0 Å². The van der Waals surface area contributed by atoms with Crippen LogP contribution in [-0.4, -0.2) is 26.4 Å². The van der Waals surface area contributed by atoms with Crippen molar-refractivity contribution in [3.05, 3.63) is 64.6 Å². The average Bonchev–Trinajstić information content (AvgIpc) is 3.12. The van der Waals surface area contributed by atoms with Gasteiger partial charge in [0.2, 0.25) is 5.91 Å². The first-order valence-corrected chi connectivity index (χ1v) is 10.8. The van der Waals surface area contributed by atoms with Crippen molar-refractivity contribution >= 4 is 39.3 Å². The molecule has 6 nitrogen and oxygen atoms in total. The Balaban J connectivity index is 1.63. The van der Waals surface area contributed by atoms with Gasteiger partial charge in [0.25, 0.3) is 0 Å². The molecule has 0 spiro atoms. The van der Waals surface area contributed by atoms with E-state index < -0.39 is 5.82 Å². The molecule has 2 aromatic carbocycles. The smallest absolute Gasteiger partial charge is 0.234 e. The summed E-state index contributed by atoms with van der Waals surface area (Å²) in [7, 11) is 0. The van der Waals surface area contributed by atoms with Crippen LogP contribution in [0.3, 0.4) is 0 Å². The number of nitrogens with one attached hydrogen (secondary N) is 1. The predicted molar refractivity (Wildman–Crippen MR) is 115 cm³/mol. The highest BCUT2D eigenvalue weighted by atomic mass is 79.9. The van der Waals surface area contributed by atoms with Crippen LogP contribution in [-0.2, 0) is 11.3 Å². The lowest BCUT2D eigenvalue weighted by Gasteiger charge is -2.15. The van der Waals surface area contributed by atoms with Crippen molar-refractivity contribution < 1.29 is 13.9 Å². The Bertz CT molecular complexity index is 984. The fourth-order valence-corrected chi connectivity index (χ4v) is 3.81. The number of hydrogen-bond donors (Lipinski definition) is 1. The molecule has 0 radical (unpaired) electrons. The minimum Gasteiger partial charge on any atom is -0.483 e. The molecule has 0 bridgehead atoms. The lowest BCUT2D eigenvalue weighted by Crippen LogP contribution is -2.16. The van der Waals surface area contributed by atoms with E-state index in [1.54, 1.807) is 6.07 Å². The molecule has 0 saturated heterocycles. The number of ether oxygens (including phenoxy) is 1. The van der Waals surface area contributed by atoms with E-state index in [2.05, 4.69) is 31.4 Å². The van der Waals surface area contributed by atoms with E-state index in [9.17, 15) is 9.18 Å². The second-order valence-corrected chi connectivity index (χ2v) is 7.98. The average molecular weight is 479 g/mol. The number of thioether (sulfide) groups is 1. The maximum absolute atomic E-state index is 13.9. The zero-order valence-corrected chi connectivity index (χ0v) is 18.3. The Morgan fingerprint density at radius 1 is 1.28 bits per heavy atom. The number of carbonyl (C=O) groups is 1. The van der Waals surface area contributed by atoms with Crippen LogP contribution >= 0.6 is 27.7 Å². The summed E-state index contributed by atoms with van der Waals surface area (Å²) in [5.41, 5.74) is 0.140. The van der Waals surface area contributed by atoms with E-state index >= 15 is 0 Å². The number of rotatable bonds is 8. The molecule has 0 fully saturated rings. The number of aromatic nitrogens is 3. The maximum atomic E-state index is 13.9. The summed E-state index contributed by atoms with van der Waals surface area (Å²) in [6, 6.07) is 14.0. The molecule has 3 rings (SSSR count). The van der Waals surface area contributed by atoms with Crippen LogP contribution in [0.2, 0.25) is 0 Å². The summed E-state index contributed by atoms with van der Waals surface area (Å²) in [5, 5.41) is 11.6. The monoisotopic (exact) mass is 478 g/mol. The van der Waals surface area contributed by atoms with Gasteiger partial charge < -0.3 is 14.6 Å². The number of anilines is 1. The molecular formula is C20H20BrFN4O2S. The highest BCUT2D eigenvalue weighted by Gasteiger charge is 2.19. The van der Waals surface area contributed by atoms with Gasteiger partial charge in [0, 0.05) is 11.0 Å². The third kappa shape index (κ3) is 5.57. The number of halogens is 2. The van der Waals surface area contributed by atoms with Crippen molar-refractivity contribution in [2.24, 2.45) is 0 Å². The van der Waals surface area contributed by atoms with Crippen molar-refractivity contribution in [3.63, 3.8) is 0 Å². The summed E-state index contributed by atoms with van der Waals surface area (Å²) in [4.78, 5) is 12.2. The lowest BCUT2D eigenvalue weighted by atomic mass is 10.3. The normalized spacial score (nSPS) is 11.9. The second kappa shape index (κ2) is 9.89. The van der Waals surface area contributed by atoms with E-state index in [4.69, 9.17) is 4.74 Å². The Kier molecular flexibility index (Phi) is 7.27. The van der Waals surface area contributed by atoms with Gasteiger partial charge in [-0.3, -0.25) is 4.79 Å². The number of amides is 1. The molecule has 0 saturated carbocycles. The molecular weight excluding hydrogens is 459 g/mol. The summed E-state index contributed by atoms with van der Waals surface area (Å²) in [5.74, 6) is 0.691. The molecule has 3 aromatic rings. The van der Waals surface area contributed by atoms with E-state index in [-0.39, 0.29) is 23.5 Å². The van der Waals surface area contributed by atoms with E-state index in [1.807, 2.05) is 48.7 Å². The minimum atomic E-state index is -0.497. The van der Waals surface area contributed by atoms with Crippen LogP contribution in [0.1, 0.15) is 25.8 Å². The largest absolute Gasteiger partial charge is 0.483 e. The number of benzene rings is 2. The van der Waals surface area contributed by atoms with Gasteiger partial charge in [-0.1, -0.05) is 45.9 Å². The molecule has 1 aromatic heterocycles. The molecule has 1 atom stereocenters. The van der Waals surface area contributed by atoms with Gasteiger partial charge in [-0.25, -0.2) is 4.39 Å². The summed E-state index contributed by atoms with van der Waals surface area (Å²) < 4.78 is 22.3. The quantitative estimate of drug-likeness (QED) is 0.457. The predicted octanol–water partition coefficient (Wildman–Crippen LogP) is 5.07. The highest BCUT2D eigenvalue weighted by molar-refractivity contribution is 9.10. The third-order valence-corrected chi connectivity index (χ3v) is 5.48. The first kappa shape index (κ1) is 21.3. The second-order valence-electron chi connectivity index (χ2n) is 6.12. The first-order valence-electron chi connectivity index (χ1n) is 9.00. The molecule has 9 heteroatoms. The van der Waals surface area contributed by atoms with Gasteiger partial charge >= 0.3 is 0 Å². The van der Waals surface area contributed by atoms with Gasteiger partial charge in [-0.2, -0.15) is 0 Å². The number of carbonyl (C=O) groups excluding carboxylic acids is 1. The lowest BCUT2D eigenvalue weighted by molar-refractivity contribution is -0.113. The number of nitrogens with zero attached hydrogens (tertiary/aromatic N) is 3. The van der Waals surface area contributed by atoms with Crippen molar-refractivity contribution in [2.45, 2.75) is 31.7 Å². The van der Waals surface area contributed by atoms with Crippen molar-refractivity contribution in [1.29, 1.82) is 0 Å². The van der Waals surface area contributed by atoms with Crippen LogP contribution in [0.25, 0.3) is 0 Å². The fourth-order valence-electron chi connectivity index (χ4n) is 2.67. The summed E-state index contributed by atoms with van der Waals surface area (Å²) in [6.45, 7) is 4.51. The minimum absolute atomic E-state index is 0.0849. The van der Waals surface area contributed by atoms with Crippen molar-refractivity contribution in [2.75, 3.05) is 11.1 Å². The van der Waals surface area contributed by atoms with E-state index in [0.29, 0.717) is 22.0 Å². The number of para-hydroxylation sites is 1. The van der Waals surface area contributed by atoms with Crippen LogP contribution < -0.4 is 10.1 Å². The molecule has 0 aliphatic rings. The zero-order chi connectivity index (χ0) is 20.8. The molecule has 152 valence electrons. The highest BCUT2D eigenvalue weighted by Crippen LogP contribution is 2.25. The van der Waals surface area contributed by atoms with Gasteiger partial charge in [0.05, 0.1) is 11.4 Å². The molecule has 0 aliphatic heterocycles. The first-order chi connectivity index (χ1) is 14.0. The summed E-state index contributed by atoms with van der Waals surface area (Å²) >= 11 is 4.43. The van der Waals surface area contributed by atoms with Crippen LogP contribution in [0.4, 0.5) is 10.1 Å². The Morgan fingerprint density at radius 3 is 2.72 bits per heavy atom. The van der Waals surface area contributed by atoms with Gasteiger partial charge in [-0.05, 0) is 44.2 Å². The summed E-state index contributed by atoms with van der Waals surface area (Å²) in [6.07, 6.45) is -0.301. The van der Waals surface area contributed by atoms with Crippen LogP contribution in [0.15, 0.2) is 58.2 Å². The van der Waals surface area contributed by atoms with E-state index in [1.165, 1.54) is 23.9 Å². The Morgan fingerprint density at radius 2 is 2.03 bits per heavy atom. The van der Waals surface area contributed by atoms with Crippen molar-refractivity contribution in [3.8, 4) is 5.75 Å². The molecule has 1 unspecified atom stereocenters. The standard InChI is InChI=1S/C20H20BrFN4O2S/c1-3-26-19(13(2)28-15-7-5-4-6-8-15)24-25-20(26)29-12-18(27)23-17-10-9-14(21)11-16(17)22/h4-11,13H,3,12H2,1-2H3,(H,23,27). The molecule has 1 heterocycles. The molecule has 0 aliphatic carbocycles. The van der Waals surface area contributed by atoms with Crippen molar-refractivity contribution in [1.82, 2.24) is 14.8 Å². The molecule has 29 heavy (non-hydrogen) atoms. The van der Waals surface area contributed by atoms with E-state index in [0.717, 1.165) is 5.75 Å².